The molecule has 0 bridgehead atoms. The third kappa shape index (κ3) is 5.44. The molecular formula is C31H36ClN4O2+. The fraction of sp³-hybridized carbons (Fsp3) is 0.323. The SMILES string of the molecule is C[NH2+]C[C@H]1Cc2cc(Cl)ccc2N(C(=O)C(NCc2ccc(OC)cc2)C(C)c2c[nH]c3ccccc23)C1. The summed E-state index contributed by atoms with van der Waals surface area (Å²) in [7, 11) is 3.75. The Morgan fingerprint density at radius 3 is 2.74 bits per heavy atom. The molecule has 6 nitrogen and oxygen atoms in total. The Morgan fingerprint density at radius 2 is 1.97 bits per heavy atom. The van der Waals surface area contributed by atoms with Crippen LogP contribution in [0.5, 0.6) is 5.75 Å². The zero-order valence-electron chi connectivity index (χ0n) is 22.2. The lowest BCUT2D eigenvalue weighted by molar-refractivity contribution is -0.632. The van der Waals surface area contributed by atoms with Crippen LogP contribution < -0.4 is 20.3 Å². The lowest BCUT2D eigenvalue weighted by Gasteiger charge is -2.37. The van der Waals surface area contributed by atoms with Gasteiger partial charge in [0.2, 0.25) is 5.91 Å². The predicted octanol–water partition coefficient (Wildman–Crippen LogP) is 4.49. The van der Waals surface area contributed by atoms with Gasteiger partial charge in [-0.1, -0.05) is 48.9 Å². The Labute approximate surface area is 229 Å². The number of H-pyrrole nitrogens is 1. The topological polar surface area (TPSA) is 74.0 Å². The summed E-state index contributed by atoms with van der Waals surface area (Å²) < 4.78 is 5.32. The molecule has 0 aliphatic carbocycles. The Hall–Kier alpha value is -3.32. The van der Waals surface area contributed by atoms with Crippen molar-refractivity contribution in [1.29, 1.82) is 0 Å². The molecule has 0 radical (unpaired) electrons. The summed E-state index contributed by atoms with van der Waals surface area (Å²) in [4.78, 5) is 19.9. The summed E-state index contributed by atoms with van der Waals surface area (Å²) in [6.07, 6.45) is 2.97. The lowest BCUT2D eigenvalue weighted by atomic mass is 9.88. The standard InChI is InChI=1S/C31H35ClN4O2/c1-20(27-18-34-28-7-5-4-6-26(27)28)30(35-17-21-8-11-25(38-3)12-9-21)31(37)36-19-22(16-33-2)14-23-15-24(32)10-13-29(23)36/h4-13,15,18,20,22,30,33-35H,14,16-17,19H2,1-3H3/p+1/t20?,22-,30?/m1/s1. The summed E-state index contributed by atoms with van der Waals surface area (Å²) in [5.41, 5.74) is 5.41. The average Bonchev–Trinajstić information content (AvgIpc) is 3.37. The molecule has 1 amide bonds. The third-order valence-electron chi connectivity index (χ3n) is 7.68. The number of aromatic amines is 1. The van der Waals surface area contributed by atoms with Gasteiger partial charge in [-0.2, -0.15) is 0 Å². The number of fused-ring (bicyclic) bond motifs is 2. The van der Waals surface area contributed by atoms with Crippen LogP contribution >= 0.6 is 11.6 Å². The van der Waals surface area contributed by atoms with Gasteiger partial charge >= 0.3 is 0 Å². The molecule has 1 aliphatic rings. The number of aromatic nitrogens is 1. The van der Waals surface area contributed by atoms with Crippen LogP contribution in [0.4, 0.5) is 5.69 Å². The Balaban J connectivity index is 1.49. The van der Waals surface area contributed by atoms with Crippen molar-refractivity contribution in [2.75, 3.05) is 32.1 Å². The van der Waals surface area contributed by atoms with E-state index in [2.05, 4.69) is 41.7 Å². The first-order chi connectivity index (χ1) is 18.5. The summed E-state index contributed by atoms with van der Waals surface area (Å²) in [6, 6.07) is 21.7. The molecule has 0 fully saturated rings. The van der Waals surface area contributed by atoms with E-state index in [-0.39, 0.29) is 11.8 Å². The monoisotopic (exact) mass is 531 g/mol. The van der Waals surface area contributed by atoms with Gasteiger partial charge in [-0.05, 0) is 59.5 Å². The number of carbonyl (C=O) groups excluding carboxylic acids is 1. The predicted molar refractivity (Wildman–Crippen MR) is 154 cm³/mol. The van der Waals surface area contributed by atoms with E-state index >= 15 is 0 Å². The Kier molecular flexibility index (Phi) is 8.03. The van der Waals surface area contributed by atoms with Crippen molar-refractivity contribution in [3.63, 3.8) is 0 Å². The van der Waals surface area contributed by atoms with Crippen molar-refractivity contribution in [3.8, 4) is 5.75 Å². The summed E-state index contributed by atoms with van der Waals surface area (Å²) >= 11 is 6.37. The number of nitrogens with two attached hydrogens (primary N) is 1. The van der Waals surface area contributed by atoms with Gasteiger partial charge in [0.15, 0.2) is 0 Å². The number of amides is 1. The van der Waals surface area contributed by atoms with E-state index < -0.39 is 6.04 Å². The molecule has 0 spiro atoms. The zero-order valence-corrected chi connectivity index (χ0v) is 23.0. The number of anilines is 1. The number of methoxy groups -OCH3 is 1. The highest BCUT2D eigenvalue weighted by Gasteiger charge is 2.36. The van der Waals surface area contributed by atoms with Gasteiger partial charge < -0.3 is 25.3 Å². The van der Waals surface area contributed by atoms with Gasteiger partial charge in [-0.25, -0.2) is 0 Å². The summed E-state index contributed by atoms with van der Waals surface area (Å²) in [5.74, 6) is 1.20. The van der Waals surface area contributed by atoms with Crippen LogP contribution in [0, 0.1) is 5.92 Å². The fourth-order valence-electron chi connectivity index (χ4n) is 5.68. The number of quaternary nitrogens is 1. The molecule has 1 aromatic heterocycles. The van der Waals surface area contributed by atoms with Crippen molar-refractivity contribution >= 4 is 34.1 Å². The number of rotatable bonds is 9. The summed E-state index contributed by atoms with van der Waals surface area (Å²) in [5, 5.41) is 7.68. The average molecular weight is 532 g/mol. The number of hydrogen-bond donors (Lipinski definition) is 3. The maximum atomic E-state index is 14.5. The van der Waals surface area contributed by atoms with Crippen LogP contribution in [-0.4, -0.2) is 44.2 Å². The molecule has 3 atom stereocenters. The molecule has 5 rings (SSSR count). The number of nitrogens with one attached hydrogen (secondary N) is 2. The van der Waals surface area contributed by atoms with Gasteiger partial charge in [-0.3, -0.25) is 4.79 Å². The first-order valence-electron chi connectivity index (χ1n) is 13.3. The number of para-hydroxylation sites is 1. The number of benzene rings is 3. The van der Waals surface area contributed by atoms with Gasteiger partial charge in [0.25, 0.3) is 0 Å². The van der Waals surface area contributed by atoms with Crippen molar-refractivity contribution in [2.24, 2.45) is 5.92 Å². The molecular weight excluding hydrogens is 496 g/mol. The van der Waals surface area contributed by atoms with Crippen LogP contribution in [0.25, 0.3) is 10.9 Å². The molecule has 7 heteroatoms. The van der Waals surface area contributed by atoms with Crippen molar-refractivity contribution in [1.82, 2.24) is 10.3 Å². The zero-order chi connectivity index (χ0) is 26.6. The van der Waals surface area contributed by atoms with Gasteiger partial charge in [0.1, 0.15) is 5.75 Å². The molecule has 0 saturated carbocycles. The number of ether oxygens (including phenoxy) is 1. The highest BCUT2D eigenvalue weighted by molar-refractivity contribution is 6.30. The minimum Gasteiger partial charge on any atom is -0.497 e. The highest BCUT2D eigenvalue weighted by atomic mass is 35.5. The second kappa shape index (κ2) is 11.6. The Bertz CT molecular complexity index is 1400. The first-order valence-corrected chi connectivity index (χ1v) is 13.7. The maximum Gasteiger partial charge on any atom is 0.244 e. The van der Waals surface area contributed by atoms with Crippen LogP contribution in [0.1, 0.15) is 29.5 Å². The fourth-order valence-corrected chi connectivity index (χ4v) is 5.87. The maximum absolute atomic E-state index is 14.5. The van der Waals surface area contributed by atoms with Gasteiger partial charge in [0, 0.05) is 52.7 Å². The number of halogens is 1. The molecule has 4 N–H and O–H groups in total. The minimum absolute atomic E-state index is 0.0641. The molecule has 198 valence electrons. The molecule has 0 saturated heterocycles. The minimum atomic E-state index is -0.427. The summed E-state index contributed by atoms with van der Waals surface area (Å²) in [6.45, 7) is 4.36. The lowest BCUT2D eigenvalue weighted by Crippen LogP contribution is -2.82. The quantitative estimate of drug-likeness (QED) is 0.298. The number of hydrogen-bond acceptors (Lipinski definition) is 3. The van der Waals surface area contributed by atoms with Crippen LogP contribution in [0.2, 0.25) is 5.02 Å². The van der Waals surface area contributed by atoms with E-state index in [1.54, 1.807) is 7.11 Å². The normalized spacial score (nSPS) is 16.7. The Morgan fingerprint density at radius 1 is 1.18 bits per heavy atom. The van der Waals surface area contributed by atoms with E-state index in [1.807, 2.05) is 65.7 Å². The van der Waals surface area contributed by atoms with Crippen molar-refractivity contribution in [3.05, 3.63) is 94.6 Å². The molecule has 2 unspecified atom stereocenters. The molecule has 2 heterocycles. The van der Waals surface area contributed by atoms with Crippen molar-refractivity contribution in [2.45, 2.75) is 31.8 Å². The van der Waals surface area contributed by atoms with Crippen molar-refractivity contribution < 1.29 is 14.8 Å². The van der Waals surface area contributed by atoms with E-state index in [4.69, 9.17) is 16.3 Å². The molecule has 4 aromatic rings. The molecule has 38 heavy (non-hydrogen) atoms. The van der Waals surface area contributed by atoms with Crippen LogP contribution in [0.3, 0.4) is 0 Å². The first kappa shape index (κ1) is 26.3. The van der Waals surface area contributed by atoms with E-state index in [0.29, 0.717) is 24.0 Å². The van der Waals surface area contributed by atoms with Gasteiger partial charge in [-0.15, -0.1) is 0 Å². The second-order valence-corrected chi connectivity index (χ2v) is 10.7. The van der Waals surface area contributed by atoms with Gasteiger partial charge in [0.05, 0.1) is 26.7 Å². The van der Waals surface area contributed by atoms with E-state index in [1.165, 1.54) is 0 Å². The number of nitrogens with zero attached hydrogens (tertiary/aromatic N) is 1. The number of carbonyl (C=O) groups is 1. The van der Waals surface area contributed by atoms with E-state index in [9.17, 15) is 4.79 Å². The largest absolute Gasteiger partial charge is 0.497 e. The van der Waals surface area contributed by atoms with Crippen LogP contribution in [-0.2, 0) is 17.8 Å². The smallest absolute Gasteiger partial charge is 0.244 e. The molecule has 1 aliphatic heterocycles. The highest BCUT2D eigenvalue weighted by Crippen LogP contribution is 2.35. The second-order valence-electron chi connectivity index (χ2n) is 10.2. The van der Waals surface area contributed by atoms with Crippen LogP contribution in [0.15, 0.2) is 72.9 Å². The molecule has 3 aromatic carbocycles. The third-order valence-corrected chi connectivity index (χ3v) is 7.91. The van der Waals surface area contributed by atoms with E-state index in [0.717, 1.165) is 52.0 Å².